The van der Waals surface area contributed by atoms with Crippen LogP contribution in [0.5, 0.6) is 11.5 Å². The maximum Gasteiger partial charge on any atom is 0.308 e. The Morgan fingerprint density at radius 3 is 1.65 bits per heavy atom. The predicted molar refractivity (Wildman–Crippen MR) is 205 cm³/mol. The molecule has 0 N–H and O–H groups in total. The fourth-order valence-electron chi connectivity index (χ4n) is 7.39. The number of benzene rings is 5. The number of ether oxygens (including phenoxy) is 2. The molecule has 0 spiro atoms. The van der Waals surface area contributed by atoms with Crippen LogP contribution in [0.15, 0.2) is 103 Å². The molecule has 1 aromatic heterocycles. The summed E-state index contributed by atoms with van der Waals surface area (Å²) in [6, 6.07) is 32.8. The molecule has 6 aromatic rings. The zero-order valence-electron chi connectivity index (χ0n) is 27.6. The van der Waals surface area contributed by atoms with Gasteiger partial charge < -0.3 is 19.3 Å². The predicted octanol–water partition coefficient (Wildman–Crippen LogP) is 9.52. The summed E-state index contributed by atoms with van der Waals surface area (Å²) in [5.74, 6) is 0.621. The number of rotatable bonds is 8. The first-order chi connectivity index (χ1) is 24.9. The van der Waals surface area contributed by atoms with Crippen LogP contribution in [0.1, 0.15) is 54.8 Å². The van der Waals surface area contributed by atoms with Crippen molar-refractivity contribution in [3.8, 4) is 11.5 Å². The maximum absolute atomic E-state index is 14.3. The highest BCUT2D eigenvalue weighted by molar-refractivity contribution is 7.16. The van der Waals surface area contributed by atoms with Gasteiger partial charge in [-0.15, -0.1) is 34.5 Å². The molecule has 0 fully saturated rings. The van der Waals surface area contributed by atoms with Gasteiger partial charge in [0.15, 0.2) is 0 Å². The quantitative estimate of drug-likeness (QED) is 0.0885. The Bertz CT molecular complexity index is 2340. The van der Waals surface area contributed by atoms with Crippen molar-refractivity contribution in [1.82, 2.24) is 0 Å². The molecule has 8 rings (SSSR count). The summed E-state index contributed by atoms with van der Waals surface area (Å²) < 4.78 is 12.0. The van der Waals surface area contributed by atoms with E-state index in [9.17, 15) is 14.4 Å². The number of alkyl halides is 2. The number of halogens is 2. The highest BCUT2D eigenvalue weighted by Crippen LogP contribution is 2.48. The van der Waals surface area contributed by atoms with E-state index < -0.39 is 5.97 Å². The molecule has 5 aromatic carbocycles. The molecule has 3 heterocycles. The van der Waals surface area contributed by atoms with E-state index >= 15 is 0 Å². The number of carbonyl (C=O) groups excluding carboxylic acids is 3. The van der Waals surface area contributed by atoms with E-state index in [1.807, 2.05) is 78.9 Å². The number of fused-ring (bicyclic) bond motifs is 6. The van der Waals surface area contributed by atoms with Crippen LogP contribution in [-0.4, -0.2) is 42.6 Å². The van der Waals surface area contributed by atoms with Gasteiger partial charge in [-0.25, -0.2) is 0 Å². The minimum Gasteiger partial charge on any atom is -0.488 e. The molecular weight excluding hydrogens is 703 g/mol. The third-order valence-corrected chi connectivity index (χ3v) is 11.4. The standard InChI is InChI=1S/C41H32Cl2N2O5S/c1-24(46)50-35-18-33-39(31-14-8-6-12-29(31)35)27(20-43)22-45(33)41(48)37-16-15-36(51-37)40(47)44-21-26(19-42)38-30-13-7-5-11-28(30)34(17-32(38)44)49-23-25-9-3-2-4-10-25/h2-18,26-27H,19-23H2,1H3. The molecule has 0 saturated heterocycles. The van der Waals surface area contributed by atoms with E-state index in [2.05, 4.69) is 6.07 Å². The lowest BCUT2D eigenvalue weighted by Gasteiger charge is -2.19. The van der Waals surface area contributed by atoms with Crippen LogP contribution in [0, 0.1) is 0 Å². The first-order valence-corrected chi connectivity index (χ1v) is 18.6. The number of hydrogen-bond acceptors (Lipinski definition) is 6. The minimum absolute atomic E-state index is 0.0745. The molecule has 0 bridgehead atoms. The van der Waals surface area contributed by atoms with Crippen LogP contribution in [0.2, 0.25) is 0 Å². The Hall–Kier alpha value is -4.89. The van der Waals surface area contributed by atoms with Crippen molar-refractivity contribution < 1.29 is 23.9 Å². The topological polar surface area (TPSA) is 76.2 Å². The fraction of sp³-hybridized carbons (Fsp3) is 0.195. The van der Waals surface area contributed by atoms with E-state index in [0.717, 1.165) is 55.3 Å². The Kier molecular flexibility index (Phi) is 8.92. The van der Waals surface area contributed by atoms with Crippen LogP contribution < -0.4 is 19.3 Å². The van der Waals surface area contributed by atoms with Crippen LogP contribution in [-0.2, 0) is 11.4 Å². The Labute approximate surface area is 308 Å². The van der Waals surface area contributed by atoms with Gasteiger partial charge in [0.2, 0.25) is 0 Å². The fourth-order valence-corrected chi connectivity index (χ4v) is 8.80. The number of thiophene rings is 1. The highest BCUT2D eigenvalue weighted by atomic mass is 35.5. The second kappa shape index (κ2) is 13.7. The molecule has 7 nitrogen and oxygen atoms in total. The average molecular weight is 736 g/mol. The summed E-state index contributed by atoms with van der Waals surface area (Å²) in [6.07, 6.45) is 0. The number of anilines is 2. The number of esters is 1. The number of hydrogen-bond donors (Lipinski definition) is 0. The monoisotopic (exact) mass is 734 g/mol. The number of amides is 2. The Morgan fingerprint density at radius 2 is 1.14 bits per heavy atom. The van der Waals surface area contributed by atoms with Gasteiger partial charge in [-0.1, -0.05) is 78.9 Å². The summed E-state index contributed by atoms with van der Waals surface area (Å²) in [5, 5.41) is 3.63. The van der Waals surface area contributed by atoms with Crippen molar-refractivity contribution in [1.29, 1.82) is 0 Å². The van der Waals surface area contributed by atoms with Crippen molar-refractivity contribution in [3.05, 3.63) is 130 Å². The van der Waals surface area contributed by atoms with Gasteiger partial charge in [-0.2, -0.15) is 0 Å². The zero-order chi connectivity index (χ0) is 35.2. The number of nitrogens with zero attached hydrogens (tertiary/aromatic N) is 2. The van der Waals surface area contributed by atoms with E-state index in [-0.39, 0.29) is 23.7 Å². The van der Waals surface area contributed by atoms with E-state index in [0.29, 0.717) is 58.4 Å². The Morgan fingerprint density at radius 1 is 0.667 bits per heavy atom. The van der Waals surface area contributed by atoms with E-state index in [1.54, 1.807) is 28.0 Å². The first kappa shape index (κ1) is 33.3. The van der Waals surface area contributed by atoms with Gasteiger partial charge in [0.1, 0.15) is 18.1 Å². The summed E-state index contributed by atoms with van der Waals surface area (Å²) in [5.41, 5.74) is 4.41. The second-order valence-electron chi connectivity index (χ2n) is 12.8. The van der Waals surface area contributed by atoms with Gasteiger partial charge >= 0.3 is 5.97 Å². The molecule has 0 aliphatic carbocycles. The van der Waals surface area contributed by atoms with Crippen LogP contribution in [0.25, 0.3) is 21.5 Å². The smallest absolute Gasteiger partial charge is 0.308 e. The third kappa shape index (κ3) is 5.91. The van der Waals surface area contributed by atoms with Gasteiger partial charge in [0.25, 0.3) is 11.8 Å². The molecule has 10 heteroatoms. The van der Waals surface area contributed by atoms with Crippen molar-refractivity contribution in [2.75, 3.05) is 34.6 Å². The van der Waals surface area contributed by atoms with Gasteiger partial charge in [0.05, 0.1) is 21.1 Å². The maximum atomic E-state index is 14.3. The molecule has 256 valence electrons. The number of carbonyl (C=O) groups is 3. The molecule has 0 radical (unpaired) electrons. The summed E-state index contributed by atoms with van der Waals surface area (Å²) in [6.45, 7) is 2.51. The zero-order valence-corrected chi connectivity index (χ0v) is 29.9. The molecule has 2 aliphatic rings. The van der Waals surface area contributed by atoms with Crippen molar-refractivity contribution in [2.24, 2.45) is 0 Å². The first-order valence-electron chi connectivity index (χ1n) is 16.7. The molecule has 2 atom stereocenters. The normalized spacial score (nSPS) is 16.4. The second-order valence-corrected chi connectivity index (χ2v) is 14.5. The molecule has 51 heavy (non-hydrogen) atoms. The molecule has 0 saturated carbocycles. The minimum atomic E-state index is -0.450. The summed E-state index contributed by atoms with van der Waals surface area (Å²) in [4.78, 5) is 44.8. The van der Waals surface area contributed by atoms with Crippen LogP contribution in [0.3, 0.4) is 0 Å². The van der Waals surface area contributed by atoms with Gasteiger partial charge in [-0.05, 0) is 39.6 Å². The largest absolute Gasteiger partial charge is 0.488 e. The van der Waals surface area contributed by atoms with Crippen molar-refractivity contribution in [2.45, 2.75) is 25.4 Å². The molecule has 2 unspecified atom stereocenters. The summed E-state index contributed by atoms with van der Waals surface area (Å²) >= 11 is 14.2. The van der Waals surface area contributed by atoms with Crippen LogP contribution in [0.4, 0.5) is 11.4 Å². The molecule has 2 aliphatic heterocycles. The van der Waals surface area contributed by atoms with E-state index in [1.165, 1.54) is 6.92 Å². The van der Waals surface area contributed by atoms with Crippen LogP contribution >= 0.6 is 34.5 Å². The van der Waals surface area contributed by atoms with Crippen molar-refractivity contribution >= 4 is 85.2 Å². The van der Waals surface area contributed by atoms with E-state index in [4.69, 9.17) is 32.7 Å². The molecule has 2 amide bonds. The highest BCUT2D eigenvalue weighted by Gasteiger charge is 2.38. The summed E-state index contributed by atoms with van der Waals surface area (Å²) in [7, 11) is 0. The Balaban J connectivity index is 1.12. The lowest BCUT2D eigenvalue weighted by molar-refractivity contribution is -0.131. The molecular formula is C41H32Cl2N2O5S. The van der Waals surface area contributed by atoms with Crippen molar-refractivity contribution in [3.63, 3.8) is 0 Å². The SMILES string of the molecule is CC(=O)Oc1cc2c(c3ccccc13)C(CCl)CN2C(=O)c1ccc(C(=O)N2CC(CCl)c3c2cc(OCc2ccccc2)c2ccccc32)s1. The average Bonchev–Trinajstić information content (AvgIpc) is 3.90. The third-order valence-electron chi connectivity index (χ3n) is 9.64. The van der Waals surface area contributed by atoms with Gasteiger partial charge in [0, 0.05) is 66.5 Å². The van der Waals surface area contributed by atoms with Gasteiger partial charge in [-0.3, -0.25) is 14.4 Å². The lowest BCUT2D eigenvalue weighted by Crippen LogP contribution is -2.30. The lowest BCUT2D eigenvalue weighted by atomic mass is 9.95.